The van der Waals surface area contributed by atoms with Crippen molar-refractivity contribution in [3.8, 4) is 5.75 Å². The van der Waals surface area contributed by atoms with E-state index in [4.69, 9.17) is 4.74 Å². The van der Waals surface area contributed by atoms with Gasteiger partial charge in [-0.05, 0) is 39.3 Å². The Morgan fingerprint density at radius 1 is 1.20 bits per heavy atom. The van der Waals surface area contributed by atoms with E-state index in [1.165, 1.54) is 0 Å². The third kappa shape index (κ3) is 5.14. The Kier molecular flexibility index (Phi) is 7.03. The molecule has 1 aromatic rings. The molecule has 0 aliphatic carbocycles. The Balaban J connectivity index is 2.68. The van der Waals surface area contributed by atoms with Crippen molar-refractivity contribution in [2.75, 3.05) is 20.2 Å². The molecule has 0 saturated heterocycles. The average molecular weight is 279 g/mol. The molecule has 2 atom stereocenters. The molecule has 1 aromatic carbocycles. The number of hydrogen-bond donors (Lipinski definition) is 1. The molecule has 0 spiro atoms. The summed E-state index contributed by atoms with van der Waals surface area (Å²) in [6.45, 7) is 9.86. The Bertz CT molecular complexity index is 392. The SMILES string of the molecule is CCOc1ccccc1C(O)CN(C)C(C)CC(C)C. The number of nitrogens with zero attached hydrogens (tertiary/aromatic N) is 1. The maximum Gasteiger partial charge on any atom is 0.125 e. The molecule has 1 rings (SSSR count). The number of para-hydroxylation sites is 1. The Hall–Kier alpha value is -1.06. The first-order valence-corrected chi connectivity index (χ1v) is 7.55. The zero-order chi connectivity index (χ0) is 15.1. The van der Waals surface area contributed by atoms with Crippen molar-refractivity contribution < 1.29 is 9.84 Å². The summed E-state index contributed by atoms with van der Waals surface area (Å²) >= 11 is 0. The predicted octanol–water partition coefficient (Wildman–Crippen LogP) is 3.49. The van der Waals surface area contributed by atoms with E-state index >= 15 is 0 Å². The molecule has 114 valence electrons. The van der Waals surface area contributed by atoms with Gasteiger partial charge in [0, 0.05) is 18.2 Å². The van der Waals surface area contributed by atoms with Crippen LogP contribution in [0.2, 0.25) is 0 Å². The van der Waals surface area contributed by atoms with Gasteiger partial charge in [-0.25, -0.2) is 0 Å². The first-order valence-electron chi connectivity index (χ1n) is 7.55. The van der Waals surface area contributed by atoms with Crippen LogP contribution in [-0.4, -0.2) is 36.2 Å². The number of rotatable bonds is 8. The lowest BCUT2D eigenvalue weighted by Gasteiger charge is -2.28. The van der Waals surface area contributed by atoms with Crippen LogP contribution < -0.4 is 4.74 Å². The van der Waals surface area contributed by atoms with Crippen LogP contribution in [-0.2, 0) is 0 Å². The highest BCUT2D eigenvalue weighted by Gasteiger charge is 2.18. The van der Waals surface area contributed by atoms with Gasteiger partial charge in [-0.15, -0.1) is 0 Å². The highest BCUT2D eigenvalue weighted by molar-refractivity contribution is 5.35. The van der Waals surface area contributed by atoms with Crippen molar-refractivity contribution in [2.45, 2.75) is 46.3 Å². The van der Waals surface area contributed by atoms with Crippen molar-refractivity contribution >= 4 is 0 Å². The highest BCUT2D eigenvalue weighted by Crippen LogP contribution is 2.26. The summed E-state index contributed by atoms with van der Waals surface area (Å²) in [6.07, 6.45) is 0.619. The predicted molar refractivity (Wildman–Crippen MR) is 84.1 cm³/mol. The fourth-order valence-electron chi connectivity index (χ4n) is 2.46. The van der Waals surface area contributed by atoms with Crippen LogP contribution in [0.4, 0.5) is 0 Å². The second-order valence-electron chi connectivity index (χ2n) is 5.90. The van der Waals surface area contributed by atoms with Crippen molar-refractivity contribution in [2.24, 2.45) is 5.92 Å². The molecule has 0 aliphatic rings. The largest absolute Gasteiger partial charge is 0.493 e. The first kappa shape index (κ1) is 17.0. The maximum atomic E-state index is 10.5. The fraction of sp³-hybridized carbons (Fsp3) is 0.647. The Labute approximate surface area is 123 Å². The average Bonchev–Trinajstić information content (AvgIpc) is 2.38. The summed E-state index contributed by atoms with van der Waals surface area (Å²) in [5.74, 6) is 1.45. The number of aliphatic hydroxyl groups excluding tert-OH is 1. The van der Waals surface area contributed by atoms with Crippen molar-refractivity contribution in [1.82, 2.24) is 4.90 Å². The summed E-state index contributed by atoms with van der Waals surface area (Å²) in [5.41, 5.74) is 0.873. The molecule has 0 saturated carbocycles. The van der Waals surface area contributed by atoms with E-state index in [9.17, 15) is 5.11 Å². The standard InChI is InChI=1S/C17H29NO2/c1-6-20-17-10-8-7-9-15(17)16(19)12-18(5)14(4)11-13(2)3/h7-10,13-14,16,19H,6,11-12H2,1-5H3. The topological polar surface area (TPSA) is 32.7 Å². The molecule has 1 N–H and O–H groups in total. The molecule has 20 heavy (non-hydrogen) atoms. The van der Waals surface area contributed by atoms with Gasteiger partial charge in [0.05, 0.1) is 12.7 Å². The summed E-state index contributed by atoms with van der Waals surface area (Å²) in [6, 6.07) is 8.20. The molecule has 0 aliphatic heterocycles. The smallest absolute Gasteiger partial charge is 0.125 e. The summed E-state index contributed by atoms with van der Waals surface area (Å²) in [7, 11) is 2.07. The second kappa shape index (κ2) is 8.28. The van der Waals surface area contributed by atoms with Crippen LogP contribution >= 0.6 is 0 Å². The lowest BCUT2D eigenvalue weighted by Crippen LogP contribution is -2.34. The van der Waals surface area contributed by atoms with Gasteiger partial charge < -0.3 is 14.7 Å². The number of benzene rings is 1. The van der Waals surface area contributed by atoms with Crippen LogP contribution in [0.5, 0.6) is 5.75 Å². The molecule has 0 fully saturated rings. The second-order valence-corrected chi connectivity index (χ2v) is 5.90. The van der Waals surface area contributed by atoms with Gasteiger partial charge in [0.2, 0.25) is 0 Å². The van der Waals surface area contributed by atoms with Gasteiger partial charge in [-0.1, -0.05) is 32.0 Å². The van der Waals surface area contributed by atoms with E-state index in [-0.39, 0.29) is 0 Å². The minimum atomic E-state index is -0.516. The van der Waals surface area contributed by atoms with E-state index in [0.717, 1.165) is 17.7 Å². The molecular formula is C17H29NO2. The van der Waals surface area contributed by atoms with E-state index in [1.54, 1.807) is 0 Å². The number of ether oxygens (including phenoxy) is 1. The lowest BCUT2D eigenvalue weighted by molar-refractivity contribution is 0.0997. The maximum absolute atomic E-state index is 10.5. The van der Waals surface area contributed by atoms with Gasteiger partial charge in [0.1, 0.15) is 5.75 Å². The van der Waals surface area contributed by atoms with Gasteiger partial charge in [0.25, 0.3) is 0 Å². The van der Waals surface area contributed by atoms with E-state index in [1.807, 2.05) is 31.2 Å². The molecule has 0 amide bonds. The van der Waals surface area contributed by atoms with Gasteiger partial charge in [-0.2, -0.15) is 0 Å². The molecule has 0 aromatic heterocycles. The van der Waals surface area contributed by atoms with Gasteiger partial charge in [0.15, 0.2) is 0 Å². The highest BCUT2D eigenvalue weighted by atomic mass is 16.5. The third-order valence-corrected chi connectivity index (χ3v) is 3.60. The van der Waals surface area contributed by atoms with Crippen molar-refractivity contribution in [1.29, 1.82) is 0 Å². The van der Waals surface area contributed by atoms with Gasteiger partial charge in [-0.3, -0.25) is 0 Å². The van der Waals surface area contributed by atoms with E-state index in [2.05, 4.69) is 32.7 Å². The van der Waals surface area contributed by atoms with Crippen LogP contribution in [0.25, 0.3) is 0 Å². The van der Waals surface area contributed by atoms with Crippen molar-refractivity contribution in [3.05, 3.63) is 29.8 Å². The Morgan fingerprint density at radius 3 is 2.45 bits per heavy atom. The zero-order valence-corrected chi connectivity index (χ0v) is 13.5. The summed E-state index contributed by atoms with van der Waals surface area (Å²) < 4.78 is 5.59. The summed E-state index contributed by atoms with van der Waals surface area (Å²) in [4.78, 5) is 2.22. The molecule has 0 bridgehead atoms. The number of likely N-dealkylation sites (N-methyl/N-ethyl adjacent to an activating group) is 1. The fourth-order valence-corrected chi connectivity index (χ4v) is 2.46. The molecule has 2 unspecified atom stereocenters. The van der Waals surface area contributed by atoms with Crippen LogP contribution in [0.3, 0.4) is 0 Å². The minimum absolute atomic E-state index is 0.462. The lowest BCUT2D eigenvalue weighted by atomic mass is 10.0. The monoisotopic (exact) mass is 279 g/mol. The first-order chi connectivity index (χ1) is 9.45. The normalized spacial score (nSPS) is 14.6. The molecule has 3 nitrogen and oxygen atoms in total. The van der Waals surface area contributed by atoms with Crippen LogP contribution in [0.15, 0.2) is 24.3 Å². The van der Waals surface area contributed by atoms with E-state index in [0.29, 0.717) is 25.1 Å². The summed E-state index contributed by atoms with van der Waals surface area (Å²) in [5, 5.41) is 10.5. The van der Waals surface area contributed by atoms with Crippen LogP contribution in [0, 0.1) is 5.92 Å². The van der Waals surface area contributed by atoms with E-state index < -0.39 is 6.10 Å². The molecule has 0 heterocycles. The van der Waals surface area contributed by atoms with Crippen molar-refractivity contribution in [3.63, 3.8) is 0 Å². The zero-order valence-electron chi connectivity index (χ0n) is 13.5. The molecule has 3 heteroatoms. The minimum Gasteiger partial charge on any atom is -0.493 e. The third-order valence-electron chi connectivity index (χ3n) is 3.60. The number of hydrogen-bond acceptors (Lipinski definition) is 3. The van der Waals surface area contributed by atoms with Crippen LogP contribution in [0.1, 0.15) is 45.8 Å². The molecular weight excluding hydrogens is 250 g/mol. The van der Waals surface area contributed by atoms with Gasteiger partial charge >= 0.3 is 0 Å². The molecule has 0 radical (unpaired) electrons. The number of aliphatic hydroxyl groups is 1. The Morgan fingerprint density at radius 2 is 1.85 bits per heavy atom. The quantitative estimate of drug-likeness (QED) is 0.790.